The lowest BCUT2D eigenvalue weighted by molar-refractivity contribution is -0.167. The van der Waals surface area contributed by atoms with E-state index >= 15 is 0 Å². The molecule has 6 heteroatoms. The summed E-state index contributed by atoms with van der Waals surface area (Å²) in [6.07, 6.45) is 64.5. The van der Waals surface area contributed by atoms with Gasteiger partial charge in [0.05, 0.1) is 0 Å². The lowest BCUT2D eigenvalue weighted by Gasteiger charge is -2.18. The molecule has 0 fully saturated rings. The number of allylic oxidation sites excluding steroid dienone is 12. The van der Waals surface area contributed by atoms with Gasteiger partial charge in [0.1, 0.15) is 13.2 Å². The maximum absolute atomic E-state index is 12.8. The summed E-state index contributed by atoms with van der Waals surface area (Å²) in [5.74, 6) is -0.928. The summed E-state index contributed by atoms with van der Waals surface area (Å²) in [5, 5.41) is 0. The summed E-state index contributed by atoms with van der Waals surface area (Å²) in [6, 6.07) is 0. The smallest absolute Gasteiger partial charge is 0.306 e. The van der Waals surface area contributed by atoms with Crippen molar-refractivity contribution in [2.24, 2.45) is 0 Å². The van der Waals surface area contributed by atoms with Crippen LogP contribution in [0.2, 0.25) is 0 Å². The van der Waals surface area contributed by atoms with Crippen molar-refractivity contribution >= 4 is 17.9 Å². The Balaban J connectivity index is 4.45. The van der Waals surface area contributed by atoms with Gasteiger partial charge in [-0.2, -0.15) is 0 Å². The normalized spacial score (nSPS) is 12.6. The summed E-state index contributed by atoms with van der Waals surface area (Å²) in [7, 11) is 0. The molecule has 0 rings (SSSR count). The summed E-state index contributed by atoms with van der Waals surface area (Å²) in [4.78, 5) is 38.0. The highest BCUT2D eigenvalue weighted by Gasteiger charge is 2.19. The Morgan fingerprint density at radius 1 is 0.333 bits per heavy atom. The summed E-state index contributed by atoms with van der Waals surface area (Å²) >= 11 is 0. The van der Waals surface area contributed by atoms with Crippen LogP contribution in [0.4, 0.5) is 0 Å². The molecule has 0 aromatic heterocycles. The van der Waals surface area contributed by atoms with Crippen molar-refractivity contribution in [3.05, 3.63) is 72.9 Å². The van der Waals surface area contributed by atoms with Gasteiger partial charge in [0.2, 0.25) is 0 Å². The molecular weight excluding hydrogens is 781 g/mol. The number of hydrogen-bond acceptors (Lipinski definition) is 6. The van der Waals surface area contributed by atoms with Gasteiger partial charge in [-0.1, -0.05) is 196 Å². The van der Waals surface area contributed by atoms with E-state index in [0.717, 1.165) is 128 Å². The second kappa shape index (κ2) is 51.5. The summed E-state index contributed by atoms with van der Waals surface area (Å²) in [6.45, 7) is 6.46. The predicted molar refractivity (Wildman–Crippen MR) is 270 cm³/mol. The van der Waals surface area contributed by atoms with Gasteiger partial charge in [0.15, 0.2) is 6.10 Å². The number of unbranched alkanes of at least 4 members (excludes halogenated alkanes) is 24. The molecule has 0 heterocycles. The van der Waals surface area contributed by atoms with Gasteiger partial charge in [-0.25, -0.2) is 0 Å². The van der Waals surface area contributed by atoms with E-state index in [-0.39, 0.29) is 31.1 Å². The van der Waals surface area contributed by atoms with E-state index in [4.69, 9.17) is 14.2 Å². The van der Waals surface area contributed by atoms with Crippen molar-refractivity contribution in [1.82, 2.24) is 0 Å². The van der Waals surface area contributed by atoms with Gasteiger partial charge in [-0.15, -0.1) is 0 Å². The Labute approximate surface area is 389 Å². The molecule has 0 spiro atoms. The van der Waals surface area contributed by atoms with Crippen LogP contribution in [0.5, 0.6) is 0 Å². The van der Waals surface area contributed by atoms with E-state index in [2.05, 4.69) is 93.7 Å². The lowest BCUT2D eigenvalue weighted by Crippen LogP contribution is -2.30. The minimum absolute atomic E-state index is 0.0914. The van der Waals surface area contributed by atoms with Gasteiger partial charge in [0.25, 0.3) is 0 Å². The van der Waals surface area contributed by atoms with Crippen molar-refractivity contribution in [3.63, 3.8) is 0 Å². The summed E-state index contributed by atoms with van der Waals surface area (Å²) in [5.41, 5.74) is 0. The van der Waals surface area contributed by atoms with Crippen molar-refractivity contribution in [2.75, 3.05) is 13.2 Å². The zero-order valence-corrected chi connectivity index (χ0v) is 41.3. The molecule has 0 bridgehead atoms. The number of rotatable bonds is 47. The van der Waals surface area contributed by atoms with E-state index in [9.17, 15) is 14.4 Å². The van der Waals surface area contributed by atoms with Gasteiger partial charge in [0, 0.05) is 19.3 Å². The maximum atomic E-state index is 12.8. The third-order valence-electron chi connectivity index (χ3n) is 11.2. The van der Waals surface area contributed by atoms with Crippen LogP contribution in [0.1, 0.15) is 252 Å². The highest BCUT2D eigenvalue weighted by atomic mass is 16.6. The molecule has 0 aromatic carbocycles. The molecule has 1 unspecified atom stereocenters. The Morgan fingerprint density at radius 3 is 1.02 bits per heavy atom. The Morgan fingerprint density at radius 2 is 0.619 bits per heavy atom. The number of carbonyl (C=O) groups is 3. The van der Waals surface area contributed by atoms with Gasteiger partial charge < -0.3 is 14.2 Å². The van der Waals surface area contributed by atoms with E-state index in [0.29, 0.717) is 19.3 Å². The highest BCUT2D eigenvalue weighted by molar-refractivity contribution is 5.71. The van der Waals surface area contributed by atoms with Crippen LogP contribution in [0.15, 0.2) is 72.9 Å². The average molecular weight is 879 g/mol. The predicted octanol–water partition coefficient (Wildman–Crippen LogP) is 17.4. The van der Waals surface area contributed by atoms with Crippen LogP contribution in [-0.2, 0) is 28.6 Å². The third kappa shape index (κ3) is 49.7. The fourth-order valence-corrected chi connectivity index (χ4v) is 7.19. The number of hydrogen-bond donors (Lipinski definition) is 0. The van der Waals surface area contributed by atoms with E-state index in [1.165, 1.54) is 83.5 Å². The van der Waals surface area contributed by atoms with Crippen molar-refractivity contribution in [2.45, 2.75) is 258 Å². The van der Waals surface area contributed by atoms with E-state index in [1.54, 1.807) is 0 Å². The average Bonchev–Trinajstić information content (AvgIpc) is 3.28. The van der Waals surface area contributed by atoms with Gasteiger partial charge >= 0.3 is 17.9 Å². The Bertz CT molecular complexity index is 1190. The first kappa shape index (κ1) is 59.9. The van der Waals surface area contributed by atoms with Gasteiger partial charge in [-0.05, 0) is 109 Å². The van der Waals surface area contributed by atoms with Crippen LogP contribution in [0, 0.1) is 0 Å². The van der Waals surface area contributed by atoms with Crippen LogP contribution < -0.4 is 0 Å². The molecule has 362 valence electrons. The van der Waals surface area contributed by atoms with E-state index < -0.39 is 6.10 Å². The first-order valence-corrected chi connectivity index (χ1v) is 26.4. The third-order valence-corrected chi connectivity index (χ3v) is 11.2. The Hall–Kier alpha value is -3.15. The monoisotopic (exact) mass is 879 g/mol. The lowest BCUT2D eigenvalue weighted by atomic mass is 10.1. The first-order chi connectivity index (χ1) is 31.0. The van der Waals surface area contributed by atoms with Gasteiger partial charge in [-0.3, -0.25) is 14.4 Å². The van der Waals surface area contributed by atoms with Crippen LogP contribution in [0.3, 0.4) is 0 Å². The zero-order valence-electron chi connectivity index (χ0n) is 41.3. The molecule has 0 aliphatic heterocycles. The van der Waals surface area contributed by atoms with Crippen molar-refractivity contribution < 1.29 is 28.6 Å². The minimum Gasteiger partial charge on any atom is -0.462 e. The molecule has 0 saturated heterocycles. The van der Waals surface area contributed by atoms with Crippen LogP contribution in [0.25, 0.3) is 0 Å². The molecular formula is C57H98O6. The van der Waals surface area contributed by atoms with Crippen molar-refractivity contribution in [3.8, 4) is 0 Å². The van der Waals surface area contributed by atoms with Crippen molar-refractivity contribution in [1.29, 1.82) is 0 Å². The molecule has 6 nitrogen and oxygen atoms in total. The molecule has 0 saturated carbocycles. The molecule has 0 aliphatic rings. The molecule has 0 N–H and O–H groups in total. The number of carbonyl (C=O) groups excluding carboxylic acids is 3. The van der Waals surface area contributed by atoms with E-state index in [1.807, 2.05) is 0 Å². The fourth-order valence-electron chi connectivity index (χ4n) is 7.19. The minimum atomic E-state index is -0.793. The maximum Gasteiger partial charge on any atom is 0.306 e. The molecule has 0 aliphatic carbocycles. The highest BCUT2D eigenvalue weighted by Crippen LogP contribution is 2.14. The quantitative estimate of drug-likeness (QED) is 0.0262. The summed E-state index contributed by atoms with van der Waals surface area (Å²) < 4.78 is 16.8. The largest absolute Gasteiger partial charge is 0.462 e. The van der Waals surface area contributed by atoms with Crippen LogP contribution in [-0.4, -0.2) is 37.2 Å². The topological polar surface area (TPSA) is 78.9 Å². The fraction of sp³-hybridized carbons (Fsp3) is 0.737. The SMILES string of the molecule is CC/C=C\C/C=C\C/C=C\CCCCCCCC(=O)OC(COC(=O)CCCCCCC/C=C\C/C=C\CCCCC)COC(=O)CCCCCCC/C=C\CCCCCCCC. The Kier molecular flexibility index (Phi) is 48.9. The zero-order chi connectivity index (χ0) is 45.8. The number of ether oxygens (including phenoxy) is 3. The molecule has 63 heavy (non-hydrogen) atoms. The molecule has 0 aromatic rings. The standard InChI is InChI=1S/C57H98O6/c1-4-7-10-13-16-19-22-25-28-31-34-37-40-43-46-49-55(58)61-52-54(63-57(60)51-48-45-42-39-36-33-30-27-24-21-18-15-12-9-6-3)53-62-56(59)50-47-44-41-38-35-32-29-26-23-20-17-14-11-8-5-2/h9,12,16,18-19,21,25-30,54H,4-8,10-11,13-15,17,20,22-24,31-53H2,1-3H3/b12-9-,19-16-,21-18-,28-25-,29-26-,30-27-. The van der Waals surface area contributed by atoms with Crippen LogP contribution >= 0.6 is 0 Å². The molecule has 0 amide bonds. The second-order valence-electron chi connectivity index (χ2n) is 17.4. The molecule has 0 radical (unpaired) electrons. The number of esters is 3. The first-order valence-electron chi connectivity index (χ1n) is 26.4. The second-order valence-corrected chi connectivity index (χ2v) is 17.4. The molecule has 1 atom stereocenters.